The number of ether oxygens (including phenoxy) is 1. The first-order valence-corrected chi connectivity index (χ1v) is 10.1. The van der Waals surface area contributed by atoms with Crippen molar-refractivity contribution in [3.63, 3.8) is 0 Å². The number of anilines is 1. The van der Waals surface area contributed by atoms with E-state index in [0.29, 0.717) is 32.7 Å². The number of morpholine rings is 1. The van der Waals surface area contributed by atoms with Crippen LogP contribution in [0.5, 0.6) is 0 Å². The standard InChI is InChI=1S/C15H18N4O4S2/c20-13(7-6-12-4-2-1-3-5-12)16-14-17-18-15(24-14)25(21,22)19-8-10-23-11-9-19/h1-5H,6-11H2,(H,16,17,20). The van der Waals surface area contributed by atoms with E-state index in [0.717, 1.165) is 16.9 Å². The fraction of sp³-hybridized carbons (Fsp3) is 0.400. The lowest BCUT2D eigenvalue weighted by Gasteiger charge is -2.24. The number of hydrogen-bond acceptors (Lipinski definition) is 7. The fourth-order valence-corrected chi connectivity index (χ4v) is 4.81. The highest BCUT2D eigenvalue weighted by molar-refractivity contribution is 7.91. The maximum absolute atomic E-state index is 12.5. The number of nitrogens with one attached hydrogen (secondary N) is 1. The molecule has 1 amide bonds. The van der Waals surface area contributed by atoms with E-state index in [-0.39, 0.29) is 21.8 Å². The second kappa shape index (κ2) is 8.00. The Morgan fingerprint density at radius 3 is 2.64 bits per heavy atom. The van der Waals surface area contributed by atoms with Gasteiger partial charge in [0, 0.05) is 19.5 Å². The van der Waals surface area contributed by atoms with E-state index >= 15 is 0 Å². The Kier molecular flexibility index (Phi) is 5.74. The number of carbonyl (C=O) groups excluding carboxylic acids is 1. The molecule has 2 aromatic rings. The summed E-state index contributed by atoms with van der Waals surface area (Å²) in [5.74, 6) is -0.227. The van der Waals surface area contributed by atoms with Crippen molar-refractivity contribution in [3.05, 3.63) is 35.9 Å². The maximum Gasteiger partial charge on any atom is 0.272 e. The minimum atomic E-state index is -3.69. The molecule has 2 heterocycles. The van der Waals surface area contributed by atoms with Crippen molar-refractivity contribution < 1.29 is 17.9 Å². The van der Waals surface area contributed by atoms with Crippen molar-refractivity contribution >= 4 is 32.4 Å². The van der Waals surface area contributed by atoms with Crippen molar-refractivity contribution in [3.8, 4) is 0 Å². The Morgan fingerprint density at radius 1 is 1.20 bits per heavy atom. The van der Waals surface area contributed by atoms with Gasteiger partial charge in [-0.2, -0.15) is 4.31 Å². The highest BCUT2D eigenvalue weighted by atomic mass is 32.2. The molecule has 10 heteroatoms. The molecule has 3 rings (SSSR count). The van der Waals surface area contributed by atoms with Crippen LogP contribution in [0.25, 0.3) is 0 Å². The molecule has 1 N–H and O–H groups in total. The van der Waals surface area contributed by atoms with Crippen LogP contribution in [0.2, 0.25) is 0 Å². The molecule has 8 nitrogen and oxygen atoms in total. The second-order valence-electron chi connectivity index (χ2n) is 5.42. The molecular formula is C15H18N4O4S2. The Morgan fingerprint density at radius 2 is 1.92 bits per heavy atom. The summed E-state index contributed by atoms with van der Waals surface area (Å²) in [5.41, 5.74) is 1.06. The molecule has 134 valence electrons. The van der Waals surface area contributed by atoms with E-state index in [9.17, 15) is 13.2 Å². The van der Waals surface area contributed by atoms with Crippen LogP contribution in [0.3, 0.4) is 0 Å². The SMILES string of the molecule is O=C(CCc1ccccc1)Nc1nnc(S(=O)(=O)N2CCOCC2)s1. The van der Waals surface area contributed by atoms with Gasteiger partial charge in [0.05, 0.1) is 13.2 Å². The number of carbonyl (C=O) groups is 1. The summed E-state index contributed by atoms with van der Waals surface area (Å²) in [6.07, 6.45) is 0.888. The van der Waals surface area contributed by atoms with Crippen LogP contribution in [0.1, 0.15) is 12.0 Å². The average molecular weight is 382 g/mol. The number of aromatic nitrogens is 2. The number of rotatable bonds is 6. The Labute approximate surface area is 149 Å². The summed E-state index contributed by atoms with van der Waals surface area (Å²) < 4.78 is 31.3. The predicted octanol–water partition coefficient (Wildman–Crippen LogP) is 1.13. The summed E-state index contributed by atoms with van der Waals surface area (Å²) in [6, 6.07) is 9.65. The van der Waals surface area contributed by atoms with Crippen LogP contribution >= 0.6 is 11.3 Å². The lowest BCUT2D eigenvalue weighted by molar-refractivity contribution is -0.116. The third-order valence-corrected chi connectivity index (χ3v) is 6.75. The van der Waals surface area contributed by atoms with Crippen molar-refractivity contribution in [1.82, 2.24) is 14.5 Å². The molecule has 1 saturated heterocycles. The summed E-state index contributed by atoms with van der Waals surface area (Å²) in [5, 5.41) is 10.3. The van der Waals surface area contributed by atoms with Gasteiger partial charge in [0.2, 0.25) is 15.4 Å². The molecule has 0 bridgehead atoms. The number of sulfonamides is 1. The van der Waals surface area contributed by atoms with Gasteiger partial charge in [-0.15, -0.1) is 10.2 Å². The third kappa shape index (κ3) is 4.60. The third-order valence-electron chi connectivity index (χ3n) is 3.67. The van der Waals surface area contributed by atoms with Gasteiger partial charge in [0.15, 0.2) is 0 Å². The molecule has 0 atom stereocenters. The van der Waals surface area contributed by atoms with Crippen molar-refractivity contribution in [2.75, 3.05) is 31.6 Å². The topological polar surface area (TPSA) is 101 Å². The number of hydrogen-bond donors (Lipinski definition) is 1. The Hall–Kier alpha value is -1.88. The predicted molar refractivity (Wildman–Crippen MR) is 92.9 cm³/mol. The van der Waals surface area contributed by atoms with E-state index < -0.39 is 10.0 Å². The van der Waals surface area contributed by atoms with Crippen LogP contribution in [0.4, 0.5) is 5.13 Å². The van der Waals surface area contributed by atoms with Crippen molar-refractivity contribution in [2.24, 2.45) is 0 Å². The average Bonchev–Trinajstić information content (AvgIpc) is 3.11. The fourth-order valence-electron chi connectivity index (χ4n) is 2.35. The normalized spacial score (nSPS) is 15.8. The van der Waals surface area contributed by atoms with Gasteiger partial charge in [-0.25, -0.2) is 8.42 Å². The zero-order valence-corrected chi connectivity index (χ0v) is 15.1. The number of aryl methyl sites for hydroxylation is 1. The molecule has 1 aromatic heterocycles. The van der Waals surface area contributed by atoms with Gasteiger partial charge in [-0.05, 0) is 12.0 Å². The molecule has 0 spiro atoms. The van der Waals surface area contributed by atoms with Crippen LogP contribution in [0.15, 0.2) is 34.7 Å². The van der Waals surface area contributed by atoms with E-state index in [1.54, 1.807) is 0 Å². The summed E-state index contributed by atoms with van der Waals surface area (Å²) in [4.78, 5) is 12.0. The minimum Gasteiger partial charge on any atom is -0.379 e. The molecule has 1 aliphatic heterocycles. The lowest BCUT2D eigenvalue weighted by atomic mass is 10.1. The van der Waals surface area contributed by atoms with E-state index in [4.69, 9.17) is 4.74 Å². The molecule has 1 aromatic carbocycles. The Bertz CT molecular complexity index is 817. The second-order valence-corrected chi connectivity index (χ2v) is 8.51. The van der Waals surface area contributed by atoms with Crippen molar-refractivity contribution in [1.29, 1.82) is 0 Å². The summed E-state index contributed by atoms with van der Waals surface area (Å²) in [7, 11) is -3.69. The first-order valence-electron chi connectivity index (χ1n) is 7.81. The van der Waals surface area contributed by atoms with Gasteiger partial charge in [-0.3, -0.25) is 4.79 Å². The van der Waals surface area contributed by atoms with Crippen molar-refractivity contribution in [2.45, 2.75) is 17.2 Å². The quantitative estimate of drug-likeness (QED) is 0.752. The van der Waals surface area contributed by atoms with Gasteiger partial charge < -0.3 is 10.1 Å². The van der Waals surface area contributed by atoms with E-state index in [1.807, 2.05) is 30.3 Å². The van der Waals surface area contributed by atoms with Gasteiger partial charge in [0.25, 0.3) is 10.0 Å². The monoisotopic (exact) mass is 382 g/mol. The smallest absolute Gasteiger partial charge is 0.272 e. The molecule has 25 heavy (non-hydrogen) atoms. The van der Waals surface area contributed by atoms with E-state index in [1.165, 1.54) is 4.31 Å². The minimum absolute atomic E-state index is 0.118. The molecule has 0 radical (unpaired) electrons. The first-order chi connectivity index (χ1) is 12.1. The van der Waals surface area contributed by atoms with Crippen LogP contribution in [0, 0.1) is 0 Å². The number of amides is 1. The maximum atomic E-state index is 12.5. The molecular weight excluding hydrogens is 364 g/mol. The number of benzene rings is 1. The molecule has 0 unspecified atom stereocenters. The number of nitrogens with zero attached hydrogens (tertiary/aromatic N) is 3. The van der Waals surface area contributed by atoms with Crippen LogP contribution in [-0.2, 0) is 26.0 Å². The van der Waals surface area contributed by atoms with Gasteiger partial charge >= 0.3 is 0 Å². The zero-order chi connectivity index (χ0) is 17.7. The highest BCUT2D eigenvalue weighted by Crippen LogP contribution is 2.24. The lowest BCUT2D eigenvalue weighted by Crippen LogP contribution is -2.40. The van der Waals surface area contributed by atoms with Gasteiger partial charge in [0.1, 0.15) is 0 Å². The molecule has 0 aliphatic carbocycles. The molecule has 1 fully saturated rings. The van der Waals surface area contributed by atoms with Crippen LogP contribution in [-0.4, -0.2) is 55.1 Å². The van der Waals surface area contributed by atoms with E-state index in [2.05, 4.69) is 15.5 Å². The first kappa shape index (κ1) is 17.9. The molecule has 1 aliphatic rings. The largest absolute Gasteiger partial charge is 0.379 e. The summed E-state index contributed by atoms with van der Waals surface area (Å²) >= 11 is 0.859. The molecule has 0 saturated carbocycles. The zero-order valence-electron chi connectivity index (χ0n) is 13.4. The van der Waals surface area contributed by atoms with Crippen LogP contribution < -0.4 is 5.32 Å². The highest BCUT2D eigenvalue weighted by Gasteiger charge is 2.30. The summed E-state index contributed by atoms with van der Waals surface area (Å²) in [6.45, 7) is 1.31. The Balaban J connectivity index is 1.58. The van der Waals surface area contributed by atoms with Gasteiger partial charge in [-0.1, -0.05) is 41.7 Å².